The maximum absolute atomic E-state index is 5.40. The molecule has 1 aromatic carbocycles. The van der Waals surface area contributed by atoms with Crippen LogP contribution in [0.1, 0.15) is 19.4 Å². The van der Waals surface area contributed by atoms with Crippen LogP contribution in [-0.4, -0.2) is 19.2 Å². The second kappa shape index (κ2) is 7.07. The van der Waals surface area contributed by atoms with Gasteiger partial charge in [-0.1, -0.05) is 18.2 Å². The van der Waals surface area contributed by atoms with Gasteiger partial charge < -0.3 is 10.1 Å². The van der Waals surface area contributed by atoms with Crippen LogP contribution >= 0.6 is 0 Å². The smallest absolute Gasteiger partial charge is 0.119 e. The summed E-state index contributed by atoms with van der Waals surface area (Å²) in [6, 6.07) is 8.77. The Morgan fingerprint density at radius 3 is 2.62 bits per heavy atom. The molecule has 0 aromatic heterocycles. The monoisotopic (exact) mass is 219 g/mol. The molecule has 2 heteroatoms. The summed E-state index contributed by atoms with van der Waals surface area (Å²) in [6.07, 6.45) is 2.91. The maximum atomic E-state index is 5.40. The van der Waals surface area contributed by atoms with Crippen LogP contribution in [0.25, 0.3) is 0 Å². The zero-order valence-electron chi connectivity index (χ0n) is 10.2. The number of rotatable bonds is 7. The average Bonchev–Trinajstić information content (AvgIpc) is 2.29. The Labute approximate surface area is 98.3 Å². The summed E-state index contributed by atoms with van der Waals surface area (Å²) < 4.78 is 5.40. The molecule has 0 aliphatic rings. The van der Waals surface area contributed by atoms with Crippen LogP contribution < -0.4 is 10.1 Å². The van der Waals surface area contributed by atoms with Gasteiger partial charge in [0.2, 0.25) is 0 Å². The molecule has 0 amide bonds. The first-order chi connectivity index (χ1) is 7.76. The number of ether oxygens (including phenoxy) is 1. The van der Waals surface area contributed by atoms with Crippen LogP contribution in [-0.2, 0) is 6.42 Å². The third-order valence-corrected chi connectivity index (χ3v) is 2.39. The van der Waals surface area contributed by atoms with E-state index in [1.165, 1.54) is 5.56 Å². The third-order valence-electron chi connectivity index (χ3n) is 2.39. The molecular formula is C14H21NO. The minimum Gasteiger partial charge on any atom is -0.494 e. The van der Waals surface area contributed by atoms with Crippen molar-refractivity contribution in [1.29, 1.82) is 0 Å². The Morgan fingerprint density at radius 2 is 2.06 bits per heavy atom. The maximum Gasteiger partial charge on any atom is 0.119 e. The number of hydrogen-bond donors (Lipinski definition) is 1. The van der Waals surface area contributed by atoms with Gasteiger partial charge in [0.25, 0.3) is 0 Å². The molecule has 1 rings (SSSR count). The molecule has 1 atom stereocenters. The summed E-state index contributed by atoms with van der Waals surface area (Å²) in [4.78, 5) is 0. The lowest BCUT2D eigenvalue weighted by atomic mass is 10.1. The van der Waals surface area contributed by atoms with Gasteiger partial charge in [0.15, 0.2) is 0 Å². The van der Waals surface area contributed by atoms with Crippen LogP contribution in [0.5, 0.6) is 5.75 Å². The summed E-state index contributed by atoms with van der Waals surface area (Å²) >= 11 is 0. The van der Waals surface area contributed by atoms with Crippen LogP contribution in [0, 0.1) is 0 Å². The quantitative estimate of drug-likeness (QED) is 0.712. The van der Waals surface area contributed by atoms with E-state index in [1.807, 2.05) is 25.1 Å². The van der Waals surface area contributed by atoms with Crippen molar-refractivity contribution in [3.05, 3.63) is 42.5 Å². The highest BCUT2D eigenvalue weighted by Gasteiger charge is 2.01. The molecule has 16 heavy (non-hydrogen) atoms. The highest BCUT2D eigenvalue weighted by Crippen LogP contribution is 2.13. The SMILES string of the molecule is C=CCNC(C)Cc1ccc(OCC)cc1. The van der Waals surface area contributed by atoms with Gasteiger partial charge in [-0.2, -0.15) is 0 Å². The Balaban J connectivity index is 2.44. The largest absolute Gasteiger partial charge is 0.494 e. The van der Waals surface area contributed by atoms with E-state index in [-0.39, 0.29) is 0 Å². The molecule has 1 unspecified atom stereocenters. The molecule has 0 saturated heterocycles. The standard InChI is InChI=1S/C14H21NO/c1-4-10-15-12(3)11-13-6-8-14(9-7-13)16-5-2/h4,6-9,12,15H,1,5,10-11H2,2-3H3. The predicted octanol–water partition coefficient (Wildman–Crippen LogP) is 2.79. The third kappa shape index (κ3) is 4.49. The first-order valence-corrected chi connectivity index (χ1v) is 5.82. The molecule has 0 aliphatic heterocycles. The van der Waals surface area contributed by atoms with Crippen molar-refractivity contribution in [1.82, 2.24) is 5.32 Å². The predicted molar refractivity (Wildman–Crippen MR) is 69.0 cm³/mol. The minimum atomic E-state index is 0.468. The van der Waals surface area contributed by atoms with Crippen molar-refractivity contribution in [2.24, 2.45) is 0 Å². The van der Waals surface area contributed by atoms with Gasteiger partial charge in [0.05, 0.1) is 6.61 Å². The van der Waals surface area contributed by atoms with Gasteiger partial charge in [-0.3, -0.25) is 0 Å². The van der Waals surface area contributed by atoms with E-state index in [0.717, 1.165) is 25.3 Å². The van der Waals surface area contributed by atoms with Crippen LogP contribution in [0.3, 0.4) is 0 Å². The molecule has 0 fully saturated rings. The lowest BCUT2D eigenvalue weighted by Gasteiger charge is -2.12. The lowest BCUT2D eigenvalue weighted by Crippen LogP contribution is -2.27. The Morgan fingerprint density at radius 1 is 1.38 bits per heavy atom. The van der Waals surface area contributed by atoms with E-state index in [1.54, 1.807) is 0 Å². The minimum absolute atomic E-state index is 0.468. The number of benzene rings is 1. The Bertz CT molecular complexity index is 305. The molecule has 0 heterocycles. The van der Waals surface area contributed by atoms with E-state index >= 15 is 0 Å². The van der Waals surface area contributed by atoms with Crippen molar-refractivity contribution in [2.45, 2.75) is 26.3 Å². The highest BCUT2D eigenvalue weighted by atomic mass is 16.5. The molecule has 1 aromatic rings. The first-order valence-electron chi connectivity index (χ1n) is 5.82. The zero-order chi connectivity index (χ0) is 11.8. The molecule has 2 nitrogen and oxygen atoms in total. The molecule has 0 saturated carbocycles. The van der Waals surface area contributed by atoms with Gasteiger partial charge in [0, 0.05) is 12.6 Å². The van der Waals surface area contributed by atoms with Crippen molar-refractivity contribution < 1.29 is 4.74 Å². The zero-order valence-corrected chi connectivity index (χ0v) is 10.2. The van der Waals surface area contributed by atoms with Gasteiger partial charge >= 0.3 is 0 Å². The second-order valence-electron chi connectivity index (χ2n) is 3.88. The summed E-state index contributed by atoms with van der Waals surface area (Å²) in [6.45, 7) is 9.45. The Hall–Kier alpha value is -1.28. The molecule has 1 N–H and O–H groups in total. The van der Waals surface area contributed by atoms with E-state index in [0.29, 0.717) is 6.04 Å². The fourth-order valence-corrected chi connectivity index (χ4v) is 1.60. The molecular weight excluding hydrogens is 198 g/mol. The van der Waals surface area contributed by atoms with Gasteiger partial charge in [-0.15, -0.1) is 6.58 Å². The fraction of sp³-hybridized carbons (Fsp3) is 0.429. The van der Waals surface area contributed by atoms with E-state index in [4.69, 9.17) is 4.74 Å². The Kier molecular flexibility index (Phi) is 5.65. The summed E-state index contributed by atoms with van der Waals surface area (Å²) in [5, 5.41) is 3.37. The summed E-state index contributed by atoms with van der Waals surface area (Å²) in [7, 11) is 0. The average molecular weight is 219 g/mol. The summed E-state index contributed by atoms with van der Waals surface area (Å²) in [5.74, 6) is 0.943. The van der Waals surface area contributed by atoms with E-state index in [9.17, 15) is 0 Å². The van der Waals surface area contributed by atoms with Crippen LogP contribution in [0.15, 0.2) is 36.9 Å². The number of hydrogen-bond acceptors (Lipinski definition) is 2. The fourth-order valence-electron chi connectivity index (χ4n) is 1.60. The topological polar surface area (TPSA) is 21.3 Å². The lowest BCUT2D eigenvalue weighted by molar-refractivity contribution is 0.340. The second-order valence-corrected chi connectivity index (χ2v) is 3.88. The molecule has 0 bridgehead atoms. The summed E-state index contributed by atoms with van der Waals surface area (Å²) in [5.41, 5.74) is 1.33. The van der Waals surface area contributed by atoms with Gasteiger partial charge in [-0.25, -0.2) is 0 Å². The van der Waals surface area contributed by atoms with Crippen molar-refractivity contribution in [2.75, 3.05) is 13.2 Å². The van der Waals surface area contributed by atoms with Crippen LogP contribution in [0.2, 0.25) is 0 Å². The molecule has 0 aliphatic carbocycles. The van der Waals surface area contributed by atoms with Crippen molar-refractivity contribution in [3.63, 3.8) is 0 Å². The van der Waals surface area contributed by atoms with Crippen molar-refractivity contribution >= 4 is 0 Å². The van der Waals surface area contributed by atoms with E-state index in [2.05, 4.69) is 31.0 Å². The molecule has 88 valence electrons. The van der Waals surface area contributed by atoms with Crippen molar-refractivity contribution in [3.8, 4) is 5.75 Å². The van der Waals surface area contributed by atoms with Gasteiger partial charge in [0.1, 0.15) is 5.75 Å². The highest BCUT2D eigenvalue weighted by molar-refractivity contribution is 5.27. The van der Waals surface area contributed by atoms with Gasteiger partial charge in [-0.05, 0) is 38.0 Å². The number of nitrogens with one attached hydrogen (secondary N) is 1. The normalized spacial score (nSPS) is 12.1. The van der Waals surface area contributed by atoms with E-state index < -0.39 is 0 Å². The van der Waals surface area contributed by atoms with Crippen LogP contribution in [0.4, 0.5) is 0 Å². The molecule has 0 radical (unpaired) electrons. The molecule has 0 spiro atoms. The first kappa shape index (κ1) is 12.8.